The molecule has 0 spiro atoms. The number of aliphatic hydroxyl groups is 1. The molecule has 1 aromatic heterocycles. The van der Waals surface area contributed by atoms with Crippen molar-refractivity contribution in [1.29, 1.82) is 0 Å². The van der Waals surface area contributed by atoms with E-state index < -0.39 is 4.92 Å². The van der Waals surface area contributed by atoms with Gasteiger partial charge in [0, 0.05) is 34.5 Å². The number of benzene rings is 2. The molecule has 1 heterocycles. The third-order valence-corrected chi connectivity index (χ3v) is 5.39. The highest BCUT2D eigenvalue weighted by atomic mass is 32.1. The molecule has 2 aromatic carbocycles. The third kappa shape index (κ3) is 4.95. The fraction of sp³-hybridized carbons (Fsp3) is 0.167. The molecule has 0 saturated heterocycles. The quantitative estimate of drug-likeness (QED) is 0.140. The number of aromatic nitrogens is 1. The Morgan fingerprint density at radius 1 is 1.03 bits per heavy atom. The normalized spacial score (nSPS) is 11.6. The Balaban J connectivity index is 2.14. The van der Waals surface area contributed by atoms with Gasteiger partial charge in [0.15, 0.2) is 23.1 Å². The monoisotopic (exact) mass is 434 g/mol. The number of aliphatic hydroxyl groups excluding tert-OH is 1. The number of pyridine rings is 1. The lowest BCUT2D eigenvalue weighted by atomic mass is 10.1. The highest BCUT2D eigenvalue weighted by Gasteiger charge is 2.25. The van der Waals surface area contributed by atoms with E-state index >= 15 is 0 Å². The van der Waals surface area contributed by atoms with Crippen LogP contribution in [0.15, 0.2) is 60.9 Å². The van der Waals surface area contributed by atoms with E-state index in [0.717, 1.165) is 22.4 Å². The molecule has 3 rings (SSSR count). The fourth-order valence-electron chi connectivity index (χ4n) is 3.18. The molecule has 0 unspecified atom stereocenters. The minimum absolute atomic E-state index is 0.0642. The van der Waals surface area contributed by atoms with Crippen LogP contribution in [0.5, 0.6) is 0 Å². The minimum Gasteiger partial charge on any atom is -0.502 e. The van der Waals surface area contributed by atoms with Crippen LogP contribution in [0.4, 0.5) is 11.4 Å². The van der Waals surface area contributed by atoms with Crippen LogP contribution < -0.4 is 9.88 Å². The predicted molar refractivity (Wildman–Crippen MR) is 127 cm³/mol. The van der Waals surface area contributed by atoms with Crippen LogP contribution in [0.1, 0.15) is 27.8 Å². The molecule has 0 fully saturated rings. The summed E-state index contributed by atoms with van der Waals surface area (Å²) < 4.78 is 1.72. The number of anilines is 1. The van der Waals surface area contributed by atoms with E-state index in [0.29, 0.717) is 21.8 Å². The average Bonchev–Trinajstić information content (AvgIpc) is 2.71. The zero-order valence-electron chi connectivity index (χ0n) is 17.8. The SMILES string of the molecule is Cc1ccc[n+](/C(C(=S)Nc2ccc(C)c(C)c2)=C(/O)c2ccc(C)c([N+](=O)[O-])c2)c1. The van der Waals surface area contributed by atoms with Gasteiger partial charge < -0.3 is 10.4 Å². The molecule has 0 radical (unpaired) electrons. The van der Waals surface area contributed by atoms with Crippen molar-refractivity contribution in [2.75, 3.05) is 5.32 Å². The molecular weight excluding hydrogens is 410 g/mol. The number of thiocarbonyl (C=S) groups is 1. The van der Waals surface area contributed by atoms with Gasteiger partial charge in [-0.15, -0.1) is 0 Å². The van der Waals surface area contributed by atoms with E-state index in [9.17, 15) is 15.2 Å². The second-order valence-corrected chi connectivity index (χ2v) is 7.91. The lowest BCUT2D eigenvalue weighted by Gasteiger charge is -2.12. The Kier molecular flexibility index (Phi) is 6.46. The van der Waals surface area contributed by atoms with Crippen molar-refractivity contribution in [3.8, 4) is 0 Å². The van der Waals surface area contributed by atoms with Crippen LogP contribution in [0.2, 0.25) is 0 Å². The Bertz CT molecular complexity index is 1220. The lowest BCUT2D eigenvalue weighted by molar-refractivity contribution is -0.576. The van der Waals surface area contributed by atoms with Crippen molar-refractivity contribution in [3.63, 3.8) is 0 Å². The van der Waals surface area contributed by atoms with Crippen molar-refractivity contribution < 1.29 is 14.6 Å². The zero-order chi connectivity index (χ0) is 22.7. The number of hydrogen-bond donors (Lipinski definition) is 2. The molecule has 0 aliphatic rings. The summed E-state index contributed by atoms with van der Waals surface area (Å²) in [6.45, 7) is 7.63. The van der Waals surface area contributed by atoms with Gasteiger partial charge in [-0.2, -0.15) is 4.57 Å². The van der Waals surface area contributed by atoms with Gasteiger partial charge in [-0.25, -0.2) is 0 Å². The van der Waals surface area contributed by atoms with Crippen molar-refractivity contribution in [1.82, 2.24) is 0 Å². The Hall–Kier alpha value is -3.58. The molecule has 0 atom stereocenters. The molecule has 31 heavy (non-hydrogen) atoms. The second kappa shape index (κ2) is 9.06. The van der Waals surface area contributed by atoms with Crippen molar-refractivity contribution >= 4 is 40.0 Å². The van der Waals surface area contributed by atoms with E-state index in [4.69, 9.17) is 12.2 Å². The van der Waals surface area contributed by atoms with Crippen LogP contribution in [-0.4, -0.2) is 15.0 Å². The first kappa shape index (κ1) is 22.1. The fourth-order valence-corrected chi connectivity index (χ4v) is 3.50. The predicted octanol–water partition coefficient (Wildman–Crippen LogP) is 5.44. The average molecular weight is 435 g/mol. The molecule has 0 aliphatic heterocycles. The van der Waals surface area contributed by atoms with Crippen LogP contribution >= 0.6 is 12.2 Å². The van der Waals surface area contributed by atoms with E-state index in [-0.39, 0.29) is 11.4 Å². The number of nitrogens with zero attached hydrogens (tertiary/aromatic N) is 2. The van der Waals surface area contributed by atoms with E-state index in [1.54, 1.807) is 29.8 Å². The molecule has 0 amide bonds. The number of hydrogen-bond acceptors (Lipinski definition) is 4. The van der Waals surface area contributed by atoms with E-state index in [1.165, 1.54) is 6.07 Å². The standard InChI is InChI=1S/C24H23N3O3S/c1-15-6-5-11-26(14-15)22(24(31)25-20-10-8-16(2)18(4)12-20)23(28)19-9-7-17(3)21(13-19)27(29)30/h5-14H,1-4H3,(H-,25,28,31)/p+1. The summed E-state index contributed by atoms with van der Waals surface area (Å²) in [5, 5.41) is 25.7. The van der Waals surface area contributed by atoms with Crippen LogP contribution in [0.3, 0.4) is 0 Å². The minimum atomic E-state index is -0.461. The molecule has 7 heteroatoms. The van der Waals surface area contributed by atoms with Crippen molar-refractivity contribution in [2.24, 2.45) is 0 Å². The first-order valence-corrected chi connectivity index (χ1v) is 10.1. The maximum atomic E-state index is 11.4. The Labute approximate surface area is 186 Å². The zero-order valence-corrected chi connectivity index (χ0v) is 18.7. The van der Waals surface area contributed by atoms with Crippen molar-refractivity contribution in [3.05, 3.63) is 98.9 Å². The maximum absolute atomic E-state index is 11.4. The topological polar surface area (TPSA) is 79.3 Å². The number of nitrogens with one attached hydrogen (secondary N) is 1. The van der Waals surface area contributed by atoms with Gasteiger partial charge in [0.05, 0.1) is 4.92 Å². The molecule has 6 nitrogen and oxygen atoms in total. The van der Waals surface area contributed by atoms with Gasteiger partial charge in [0.2, 0.25) is 0 Å². The smallest absolute Gasteiger partial charge is 0.288 e. The summed E-state index contributed by atoms with van der Waals surface area (Å²) in [6, 6.07) is 14.3. The second-order valence-electron chi connectivity index (χ2n) is 7.50. The van der Waals surface area contributed by atoms with Gasteiger partial charge >= 0.3 is 0 Å². The van der Waals surface area contributed by atoms with E-state index in [2.05, 4.69) is 5.32 Å². The molecule has 0 saturated carbocycles. The molecular formula is C24H24N3O3S+. The van der Waals surface area contributed by atoms with Crippen LogP contribution in [-0.2, 0) is 0 Å². The summed E-state index contributed by atoms with van der Waals surface area (Å²) in [7, 11) is 0. The highest BCUT2D eigenvalue weighted by molar-refractivity contribution is 7.81. The molecule has 158 valence electrons. The summed E-state index contributed by atoms with van der Waals surface area (Å²) in [6.07, 6.45) is 3.61. The number of aryl methyl sites for hydroxylation is 4. The summed E-state index contributed by atoms with van der Waals surface area (Å²) in [5.74, 6) is -0.153. The van der Waals surface area contributed by atoms with Crippen LogP contribution in [0.25, 0.3) is 11.5 Å². The van der Waals surface area contributed by atoms with Crippen LogP contribution in [0, 0.1) is 37.8 Å². The maximum Gasteiger partial charge on any atom is 0.288 e. The van der Waals surface area contributed by atoms with E-state index in [1.807, 2.05) is 57.3 Å². The molecule has 3 aromatic rings. The first-order valence-electron chi connectivity index (χ1n) is 9.73. The van der Waals surface area contributed by atoms with Gasteiger partial charge in [-0.05, 0) is 57.0 Å². The lowest BCUT2D eigenvalue weighted by Crippen LogP contribution is -2.38. The summed E-state index contributed by atoms with van der Waals surface area (Å²) in [4.78, 5) is 11.2. The molecule has 0 aliphatic carbocycles. The molecule has 0 bridgehead atoms. The molecule has 2 N–H and O–H groups in total. The Morgan fingerprint density at radius 2 is 1.74 bits per heavy atom. The number of nitro benzene ring substituents is 1. The van der Waals surface area contributed by atoms with Gasteiger partial charge in [-0.1, -0.05) is 30.4 Å². The summed E-state index contributed by atoms with van der Waals surface area (Å²) >= 11 is 5.66. The van der Waals surface area contributed by atoms with Gasteiger partial charge in [0.1, 0.15) is 0 Å². The summed E-state index contributed by atoms with van der Waals surface area (Å²) in [5.41, 5.74) is 5.13. The highest BCUT2D eigenvalue weighted by Crippen LogP contribution is 2.26. The van der Waals surface area contributed by atoms with Crippen molar-refractivity contribution in [2.45, 2.75) is 27.7 Å². The van der Waals surface area contributed by atoms with Gasteiger partial charge in [0.25, 0.3) is 11.4 Å². The third-order valence-electron chi connectivity index (χ3n) is 5.09. The Morgan fingerprint density at radius 3 is 2.39 bits per heavy atom. The number of nitro groups is 1. The van der Waals surface area contributed by atoms with Gasteiger partial charge in [-0.3, -0.25) is 10.1 Å². The largest absolute Gasteiger partial charge is 0.502 e. The first-order chi connectivity index (χ1) is 14.7. The number of rotatable bonds is 5.